The molecule has 25 heavy (non-hydrogen) atoms. The monoisotopic (exact) mass is 348 g/mol. The highest BCUT2D eigenvalue weighted by atomic mass is 19.1. The number of rotatable bonds is 3. The Morgan fingerprint density at radius 3 is 2.64 bits per heavy atom. The topological polar surface area (TPSA) is 71.3 Å². The van der Waals surface area contributed by atoms with Gasteiger partial charge in [-0.3, -0.25) is 0 Å². The fraction of sp³-hybridized carbons (Fsp3) is 0.471. The molecule has 1 aromatic heterocycles. The summed E-state index contributed by atoms with van der Waals surface area (Å²) < 4.78 is 32.2. The Morgan fingerprint density at radius 1 is 1.16 bits per heavy atom. The molecule has 0 atom stereocenters. The average Bonchev–Trinajstić information content (AvgIpc) is 3.35. The summed E-state index contributed by atoms with van der Waals surface area (Å²) in [5.41, 5.74) is -0.155. The number of likely N-dealkylation sites (tertiary alicyclic amines) is 1. The van der Waals surface area contributed by atoms with Crippen LogP contribution in [0.15, 0.2) is 22.7 Å². The number of anilines is 1. The van der Waals surface area contributed by atoms with Crippen LogP contribution in [0, 0.1) is 11.6 Å². The smallest absolute Gasteiger partial charge is 0.321 e. The van der Waals surface area contributed by atoms with E-state index in [4.69, 9.17) is 4.52 Å². The maximum Gasteiger partial charge on any atom is 0.321 e. The first-order valence-electron chi connectivity index (χ1n) is 8.44. The number of aromatic nitrogens is 2. The van der Waals surface area contributed by atoms with Crippen LogP contribution >= 0.6 is 0 Å². The summed E-state index contributed by atoms with van der Waals surface area (Å²) in [6, 6.07) is 2.53. The van der Waals surface area contributed by atoms with Crippen molar-refractivity contribution in [3.63, 3.8) is 0 Å². The number of carbonyl (C=O) groups is 1. The molecular formula is C17H18F2N4O2. The third kappa shape index (κ3) is 3.47. The van der Waals surface area contributed by atoms with Crippen molar-refractivity contribution in [3.05, 3.63) is 41.5 Å². The van der Waals surface area contributed by atoms with Crippen LogP contribution in [0.5, 0.6) is 0 Å². The lowest BCUT2D eigenvalue weighted by atomic mass is 9.97. The molecule has 1 aliphatic heterocycles. The third-order valence-corrected chi connectivity index (χ3v) is 4.70. The number of hydrogen-bond donors (Lipinski definition) is 1. The van der Waals surface area contributed by atoms with Crippen LogP contribution in [0.1, 0.15) is 49.2 Å². The molecule has 2 amide bonds. The SMILES string of the molecule is O=C(Nc1cc(F)ccc1F)N1CCC(c2nc(C3CC3)no2)CC1. The van der Waals surface area contributed by atoms with E-state index in [1.54, 1.807) is 4.90 Å². The molecule has 2 aromatic rings. The van der Waals surface area contributed by atoms with Crippen molar-refractivity contribution in [1.82, 2.24) is 15.0 Å². The fourth-order valence-corrected chi connectivity index (χ4v) is 3.04. The number of benzene rings is 1. The van der Waals surface area contributed by atoms with E-state index in [1.165, 1.54) is 0 Å². The molecule has 6 nitrogen and oxygen atoms in total. The van der Waals surface area contributed by atoms with E-state index in [2.05, 4.69) is 15.5 Å². The summed E-state index contributed by atoms with van der Waals surface area (Å²) in [6.45, 7) is 0.989. The van der Waals surface area contributed by atoms with Gasteiger partial charge in [0.1, 0.15) is 11.6 Å². The van der Waals surface area contributed by atoms with Gasteiger partial charge in [-0.1, -0.05) is 5.16 Å². The predicted molar refractivity (Wildman–Crippen MR) is 85.2 cm³/mol. The van der Waals surface area contributed by atoms with Crippen molar-refractivity contribution >= 4 is 11.7 Å². The number of nitrogens with zero attached hydrogens (tertiary/aromatic N) is 3. The van der Waals surface area contributed by atoms with E-state index >= 15 is 0 Å². The quantitative estimate of drug-likeness (QED) is 0.919. The van der Waals surface area contributed by atoms with Crippen molar-refractivity contribution < 1.29 is 18.1 Å². The molecule has 0 unspecified atom stereocenters. The maximum absolute atomic E-state index is 13.6. The Morgan fingerprint density at radius 2 is 1.92 bits per heavy atom. The number of urea groups is 1. The highest BCUT2D eigenvalue weighted by molar-refractivity contribution is 5.89. The molecule has 1 aliphatic carbocycles. The van der Waals surface area contributed by atoms with Gasteiger partial charge in [0.15, 0.2) is 5.82 Å². The second-order valence-electron chi connectivity index (χ2n) is 6.58. The average molecular weight is 348 g/mol. The van der Waals surface area contributed by atoms with Gasteiger partial charge in [0.2, 0.25) is 5.89 Å². The summed E-state index contributed by atoms with van der Waals surface area (Å²) in [6.07, 6.45) is 3.64. The molecular weight excluding hydrogens is 330 g/mol. The highest BCUT2D eigenvalue weighted by Gasteiger charge is 2.32. The van der Waals surface area contributed by atoms with Gasteiger partial charge in [-0.15, -0.1) is 0 Å². The zero-order valence-corrected chi connectivity index (χ0v) is 13.5. The number of halogens is 2. The van der Waals surface area contributed by atoms with Gasteiger partial charge in [0.05, 0.1) is 5.69 Å². The summed E-state index contributed by atoms with van der Waals surface area (Å²) in [7, 11) is 0. The number of carbonyl (C=O) groups excluding carboxylic acids is 1. The molecule has 0 spiro atoms. The summed E-state index contributed by atoms with van der Waals surface area (Å²) >= 11 is 0. The summed E-state index contributed by atoms with van der Waals surface area (Å²) in [5, 5.41) is 6.45. The normalized spacial score (nSPS) is 18.4. The Balaban J connectivity index is 1.34. The minimum absolute atomic E-state index is 0.134. The fourth-order valence-electron chi connectivity index (χ4n) is 3.04. The summed E-state index contributed by atoms with van der Waals surface area (Å²) in [5.74, 6) is 0.746. The van der Waals surface area contributed by atoms with Crippen LogP contribution in [-0.2, 0) is 0 Å². The first kappa shape index (κ1) is 16.0. The van der Waals surface area contributed by atoms with Gasteiger partial charge < -0.3 is 14.7 Å². The maximum atomic E-state index is 13.6. The molecule has 4 rings (SSSR count). The zero-order valence-electron chi connectivity index (χ0n) is 13.5. The van der Waals surface area contributed by atoms with Gasteiger partial charge in [-0.2, -0.15) is 4.98 Å². The molecule has 1 N–H and O–H groups in total. The van der Waals surface area contributed by atoms with Crippen LogP contribution in [0.4, 0.5) is 19.3 Å². The van der Waals surface area contributed by atoms with E-state index in [-0.39, 0.29) is 11.6 Å². The lowest BCUT2D eigenvalue weighted by Crippen LogP contribution is -2.40. The van der Waals surface area contributed by atoms with Gasteiger partial charge in [-0.05, 0) is 37.8 Å². The minimum Gasteiger partial charge on any atom is -0.339 e. The van der Waals surface area contributed by atoms with E-state index in [0.29, 0.717) is 37.7 Å². The predicted octanol–water partition coefficient (Wildman–Crippen LogP) is 3.64. The van der Waals surface area contributed by atoms with E-state index in [1.807, 2.05) is 0 Å². The second-order valence-corrected chi connectivity index (χ2v) is 6.58. The van der Waals surface area contributed by atoms with Crippen LogP contribution < -0.4 is 5.32 Å². The van der Waals surface area contributed by atoms with E-state index < -0.39 is 17.7 Å². The molecule has 8 heteroatoms. The van der Waals surface area contributed by atoms with Gasteiger partial charge in [0, 0.05) is 31.0 Å². The highest BCUT2D eigenvalue weighted by Crippen LogP contribution is 2.39. The molecule has 1 saturated carbocycles. The number of piperidine rings is 1. The van der Waals surface area contributed by atoms with Gasteiger partial charge in [0.25, 0.3) is 0 Å². The lowest BCUT2D eigenvalue weighted by Gasteiger charge is -2.30. The second kappa shape index (κ2) is 6.42. The molecule has 2 heterocycles. The van der Waals surface area contributed by atoms with Crippen molar-refractivity contribution in [2.45, 2.75) is 37.5 Å². The first-order valence-corrected chi connectivity index (χ1v) is 8.44. The van der Waals surface area contributed by atoms with E-state index in [9.17, 15) is 13.6 Å². The largest absolute Gasteiger partial charge is 0.339 e. The molecule has 1 saturated heterocycles. The molecule has 2 aliphatic rings. The molecule has 132 valence electrons. The Bertz CT molecular complexity index is 783. The van der Waals surface area contributed by atoms with Crippen molar-refractivity contribution in [2.24, 2.45) is 0 Å². The molecule has 1 aromatic carbocycles. The van der Waals surface area contributed by atoms with Crippen LogP contribution in [0.25, 0.3) is 0 Å². The number of nitrogens with one attached hydrogen (secondary N) is 1. The van der Waals surface area contributed by atoms with Crippen LogP contribution in [-0.4, -0.2) is 34.2 Å². The first-order chi connectivity index (χ1) is 12.1. The third-order valence-electron chi connectivity index (χ3n) is 4.70. The van der Waals surface area contributed by atoms with Crippen molar-refractivity contribution in [2.75, 3.05) is 18.4 Å². The van der Waals surface area contributed by atoms with Crippen molar-refractivity contribution in [1.29, 1.82) is 0 Å². The standard InChI is InChI=1S/C17H18F2N4O2/c18-12-3-4-13(19)14(9-12)20-17(24)23-7-5-11(6-8-23)16-21-15(22-25-16)10-1-2-10/h3-4,9-11H,1-2,5-8H2,(H,20,24). The van der Waals surface area contributed by atoms with Crippen molar-refractivity contribution in [3.8, 4) is 0 Å². The van der Waals surface area contributed by atoms with Gasteiger partial charge >= 0.3 is 6.03 Å². The minimum atomic E-state index is -0.664. The van der Waals surface area contributed by atoms with Crippen LogP contribution in [0.2, 0.25) is 0 Å². The Hall–Kier alpha value is -2.51. The lowest BCUT2D eigenvalue weighted by molar-refractivity contribution is 0.187. The van der Waals surface area contributed by atoms with Crippen LogP contribution in [0.3, 0.4) is 0 Å². The number of amides is 2. The number of hydrogen-bond acceptors (Lipinski definition) is 4. The molecule has 0 radical (unpaired) electrons. The summed E-state index contributed by atoms with van der Waals surface area (Å²) in [4.78, 5) is 18.3. The van der Waals surface area contributed by atoms with Gasteiger partial charge in [-0.25, -0.2) is 13.6 Å². The Kier molecular flexibility index (Phi) is 4.10. The van der Waals surface area contributed by atoms with E-state index in [0.717, 1.165) is 36.9 Å². The molecule has 2 fully saturated rings. The Labute approximate surface area is 143 Å². The molecule has 0 bridgehead atoms. The zero-order chi connectivity index (χ0) is 17.4.